The number of hydrogen-bond acceptors (Lipinski definition) is 4. The molecule has 1 N–H and O–H groups in total. The minimum absolute atomic E-state index is 0.132. The molecule has 0 unspecified atom stereocenters. The zero-order valence-electron chi connectivity index (χ0n) is 8.04. The maximum atomic E-state index is 10.9. The molecule has 0 fully saturated rings. The molecule has 0 aliphatic heterocycles. The number of ether oxygens (including phenoxy) is 1. The first kappa shape index (κ1) is 9.60. The van der Waals surface area contributed by atoms with Gasteiger partial charge in [-0.3, -0.25) is 0 Å². The van der Waals surface area contributed by atoms with Gasteiger partial charge in [0, 0.05) is 13.3 Å². The van der Waals surface area contributed by atoms with Gasteiger partial charge in [0.1, 0.15) is 12.2 Å². The number of carboxylic acids is 1. The summed E-state index contributed by atoms with van der Waals surface area (Å²) in [5.74, 6) is -0.553. The molecule has 0 aliphatic rings. The number of aromatic carboxylic acids is 1. The molecule has 0 saturated heterocycles. The highest BCUT2D eigenvalue weighted by Crippen LogP contribution is 2.08. The van der Waals surface area contributed by atoms with Crippen molar-refractivity contribution in [3.05, 3.63) is 29.7 Å². The monoisotopic (exact) mass is 207 g/mol. The van der Waals surface area contributed by atoms with Crippen molar-refractivity contribution in [3.63, 3.8) is 0 Å². The molecule has 6 nitrogen and oxygen atoms in total. The lowest BCUT2D eigenvalue weighted by Gasteiger charge is -1.94. The first-order chi connectivity index (χ1) is 7.22. The number of nitrogens with zero attached hydrogens (tertiary/aromatic N) is 3. The van der Waals surface area contributed by atoms with Crippen LogP contribution in [0.5, 0.6) is 0 Å². The molecule has 0 radical (unpaired) electrons. The number of pyridine rings is 1. The Morgan fingerprint density at radius 2 is 2.47 bits per heavy atom. The van der Waals surface area contributed by atoms with E-state index in [0.29, 0.717) is 11.5 Å². The molecule has 15 heavy (non-hydrogen) atoms. The van der Waals surface area contributed by atoms with Gasteiger partial charge in [-0.05, 0) is 12.1 Å². The van der Waals surface area contributed by atoms with Gasteiger partial charge in [0.25, 0.3) is 0 Å². The lowest BCUT2D eigenvalue weighted by atomic mass is 10.3. The Labute approximate surface area is 85.1 Å². The highest BCUT2D eigenvalue weighted by atomic mass is 16.5. The van der Waals surface area contributed by atoms with Crippen molar-refractivity contribution < 1.29 is 14.6 Å². The summed E-state index contributed by atoms with van der Waals surface area (Å²) in [6.07, 6.45) is 1.65. The number of carbonyl (C=O) groups is 1. The molecule has 0 bridgehead atoms. The van der Waals surface area contributed by atoms with E-state index in [9.17, 15) is 4.79 Å². The van der Waals surface area contributed by atoms with Crippen LogP contribution in [0.1, 0.15) is 16.2 Å². The van der Waals surface area contributed by atoms with Crippen LogP contribution in [0.25, 0.3) is 5.65 Å². The van der Waals surface area contributed by atoms with Gasteiger partial charge in [-0.15, -0.1) is 5.10 Å². The molecular formula is C9H9N3O3. The third-order valence-electron chi connectivity index (χ3n) is 1.91. The quantitative estimate of drug-likeness (QED) is 0.796. The molecule has 0 aliphatic carbocycles. The summed E-state index contributed by atoms with van der Waals surface area (Å²) in [5.41, 5.74) is 0.462. The topological polar surface area (TPSA) is 76.7 Å². The van der Waals surface area contributed by atoms with Gasteiger partial charge in [-0.1, -0.05) is 0 Å². The predicted molar refractivity (Wildman–Crippen MR) is 50.7 cm³/mol. The Hall–Kier alpha value is -1.95. The summed E-state index contributed by atoms with van der Waals surface area (Å²) in [7, 11) is 1.53. The summed E-state index contributed by atoms with van der Waals surface area (Å²) in [6.45, 7) is 0.265. The predicted octanol–water partition coefficient (Wildman–Crippen LogP) is 0.574. The first-order valence-electron chi connectivity index (χ1n) is 4.29. The Bertz CT molecular complexity index is 506. The average Bonchev–Trinajstić information content (AvgIpc) is 2.59. The average molecular weight is 207 g/mol. The van der Waals surface area contributed by atoms with E-state index in [1.165, 1.54) is 17.7 Å². The molecule has 0 amide bonds. The number of fused-ring (bicyclic) bond motifs is 1. The maximum Gasteiger partial charge on any atom is 0.339 e. The van der Waals surface area contributed by atoms with Crippen molar-refractivity contribution in [1.29, 1.82) is 0 Å². The standard InChI is InChI=1S/C9H9N3O3/c1-15-5-7-10-8-6(9(13)14)3-2-4-12(8)11-7/h2-4H,5H2,1H3,(H,13,14). The van der Waals surface area contributed by atoms with Crippen LogP contribution in [-0.2, 0) is 11.3 Å². The van der Waals surface area contributed by atoms with E-state index in [1.807, 2.05) is 0 Å². The number of hydrogen-bond donors (Lipinski definition) is 1. The zero-order chi connectivity index (χ0) is 10.8. The molecular weight excluding hydrogens is 198 g/mol. The summed E-state index contributed by atoms with van der Waals surface area (Å²) >= 11 is 0. The van der Waals surface area contributed by atoms with Gasteiger partial charge >= 0.3 is 5.97 Å². The lowest BCUT2D eigenvalue weighted by Crippen LogP contribution is -2.00. The smallest absolute Gasteiger partial charge is 0.339 e. The van der Waals surface area contributed by atoms with Crippen LogP contribution in [0.3, 0.4) is 0 Å². The van der Waals surface area contributed by atoms with E-state index in [-0.39, 0.29) is 12.2 Å². The van der Waals surface area contributed by atoms with E-state index in [4.69, 9.17) is 9.84 Å². The number of rotatable bonds is 3. The van der Waals surface area contributed by atoms with Crippen molar-refractivity contribution in [1.82, 2.24) is 14.6 Å². The van der Waals surface area contributed by atoms with Crippen molar-refractivity contribution in [2.45, 2.75) is 6.61 Å². The van der Waals surface area contributed by atoms with E-state index in [0.717, 1.165) is 0 Å². The molecule has 2 heterocycles. The SMILES string of the molecule is COCc1nc2c(C(=O)O)cccn2n1. The van der Waals surface area contributed by atoms with Gasteiger partial charge in [0.05, 0.1) is 0 Å². The minimum atomic E-state index is -1.02. The Morgan fingerprint density at radius 1 is 1.67 bits per heavy atom. The zero-order valence-corrected chi connectivity index (χ0v) is 8.04. The van der Waals surface area contributed by atoms with Crippen LogP contribution in [0, 0.1) is 0 Å². The molecule has 2 aromatic rings. The van der Waals surface area contributed by atoms with Crippen LogP contribution < -0.4 is 0 Å². The fraction of sp³-hybridized carbons (Fsp3) is 0.222. The van der Waals surface area contributed by atoms with Crippen LogP contribution in [-0.4, -0.2) is 32.8 Å². The Balaban J connectivity index is 2.59. The normalized spacial score (nSPS) is 10.7. The van der Waals surface area contributed by atoms with Gasteiger partial charge in [0.15, 0.2) is 11.5 Å². The molecule has 2 rings (SSSR count). The van der Waals surface area contributed by atoms with Crippen molar-refractivity contribution in [2.24, 2.45) is 0 Å². The number of aromatic nitrogens is 3. The Kier molecular flexibility index (Phi) is 2.34. The first-order valence-corrected chi connectivity index (χ1v) is 4.29. The number of carboxylic acid groups (broad SMARTS) is 1. The molecule has 2 aromatic heterocycles. The summed E-state index contributed by atoms with van der Waals surface area (Å²) < 4.78 is 6.30. The molecule has 0 saturated carbocycles. The van der Waals surface area contributed by atoms with E-state index < -0.39 is 5.97 Å². The largest absolute Gasteiger partial charge is 0.478 e. The van der Waals surface area contributed by atoms with E-state index in [1.54, 1.807) is 12.3 Å². The second-order valence-electron chi connectivity index (χ2n) is 2.96. The third kappa shape index (κ3) is 1.66. The minimum Gasteiger partial charge on any atom is -0.478 e. The van der Waals surface area contributed by atoms with E-state index >= 15 is 0 Å². The fourth-order valence-corrected chi connectivity index (χ4v) is 1.31. The molecule has 0 spiro atoms. The highest BCUT2D eigenvalue weighted by Gasteiger charge is 2.12. The summed E-state index contributed by atoms with van der Waals surface area (Å²) in [5, 5.41) is 13.0. The van der Waals surface area contributed by atoms with Crippen LogP contribution in [0.2, 0.25) is 0 Å². The molecule has 0 aromatic carbocycles. The maximum absolute atomic E-state index is 10.9. The van der Waals surface area contributed by atoms with Gasteiger partial charge in [-0.2, -0.15) is 0 Å². The highest BCUT2D eigenvalue weighted by molar-refractivity contribution is 5.94. The van der Waals surface area contributed by atoms with Crippen LogP contribution in [0.15, 0.2) is 18.3 Å². The second-order valence-corrected chi connectivity index (χ2v) is 2.96. The second kappa shape index (κ2) is 3.66. The summed E-state index contributed by atoms with van der Waals surface area (Å²) in [6, 6.07) is 3.10. The van der Waals surface area contributed by atoms with Crippen molar-refractivity contribution in [3.8, 4) is 0 Å². The van der Waals surface area contributed by atoms with Crippen molar-refractivity contribution in [2.75, 3.05) is 7.11 Å². The van der Waals surface area contributed by atoms with Gasteiger partial charge < -0.3 is 9.84 Å². The van der Waals surface area contributed by atoms with E-state index in [2.05, 4.69) is 10.1 Å². The van der Waals surface area contributed by atoms with Crippen molar-refractivity contribution >= 4 is 11.6 Å². The fourth-order valence-electron chi connectivity index (χ4n) is 1.31. The third-order valence-corrected chi connectivity index (χ3v) is 1.91. The Morgan fingerprint density at radius 3 is 3.13 bits per heavy atom. The van der Waals surface area contributed by atoms with Gasteiger partial charge in [-0.25, -0.2) is 14.3 Å². The molecule has 78 valence electrons. The van der Waals surface area contributed by atoms with Crippen LogP contribution in [0.4, 0.5) is 0 Å². The van der Waals surface area contributed by atoms with Crippen LogP contribution >= 0.6 is 0 Å². The van der Waals surface area contributed by atoms with Gasteiger partial charge in [0.2, 0.25) is 0 Å². The molecule has 0 atom stereocenters. The lowest BCUT2D eigenvalue weighted by molar-refractivity contribution is 0.0698. The number of methoxy groups -OCH3 is 1. The summed E-state index contributed by atoms with van der Waals surface area (Å²) in [4.78, 5) is 14.9. The molecule has 6 heteroatoms.